The zero-order chi connectivity index (χ0) is 26.5. The van der Waals surface area contributed by atoms with Crippen LogP contribution < -0.4 is 20.3 Å². The van der Waals surface area contributed by atoms with Gasteiger partial charge in [-0.15, -0.1) is 0 Å². The van der Waals surface area contributed by atoms with Gasteiger partial charge in [0.2, 0.25) is 5.88 Å². The molecule has 0 bridgehead atoms. The highest BCUT2D eigenvalue weighted by Gasteiger charge is 2.19. The van der Waals surface area contributed by atoms with Crippen LogP contribution in [-0.2, 0) is 4.79 Å². The highest BCUT2D eigenvalue weighted by atomic mass is 35.5. The summed E-state index contributed by atoms with van der Waals surface area (Å²) in [7, 11) is 0. The topological polar surface area (TPSA) is 106 Å². The molecule has 37 heavy (non-hydrogen) atoms. The summed E-state index contributed by atoms with van der Waals surface area (Å²) in [4.78, 5) is 30.9. The van der Waals surface area contributed by atoms with Crippen LogP contribution in [0.25, 0.3) is 11.7 Å². The van der Waals surface area contributed by atoms with Gasteiger partial charge in [-0.3, -0.25) is 14.0 Å². The number of hydrogen-bond acceptors (Lipinski definition) is 6. The van der Waals surface area contributed by atoms with E-state index in [4.69, 9.17) is 32.7 Å². The van der Waals surface area contributed by atoms with Crippen molar-refractivity contribution >= 4 is 46.5 Å². The molecule has 2 aromatic carbocycles. The molecule has 2 aromatic heterocycles. The van der Waals surface area contributed by atoms with Crippen molar-refractivity contribution in [3.8, 4) is 23.4 Å². The Morgan fingerprint density at radius 2 is 1.95 bits per heavy atom. The van der Waals surface area contributed by atoms with Gasteiger partial charge in [0.1, 0.15) is 34.4 Å². The first-order chi connectivity index (χ1) is 17.8. The Labute approximate surface area is 222 Å². The Hall–Kier alpha value is -4.32. The Balaban J connectivity index is 1.78. The number of rotatable bonds is 7. The molecule has 0 aliphatic rings. The Morgan fingerprint density at radius 3 is 2.62 bits per heavy atom. The molecule has 8 nitrogen and oxygen atoms in total. The third kappa shape index (κ3) is 5.75. The summed E-state index contributed by atoms with van der Waals surface area (Å²) in [6.45, 7) is 4.17. The van der Waals surface area contributed by atoms with E-state index in [1.54, 1.807) is 55.6 Å². The fourth-order valence-electron chi connectivity index (χ4n) is 3.45. The van der Waals surface area contributed by atoms with Crippen molar-refractivity contribution in [1.82, 2.24) is 9.38 Å². The van der Waals surface area contributed by atoms with E-state index in [-0.39, 0.29) is 27.8 Å². The first kappa shape index (κ1) is 25.8. The second-order valence-corrected chi connectivity index (χ2v) is 8.62. The lowest BCUT2D eigenvalue weighted by atomic mass is 10.1. The average molecular weight is 535 g/mol. The molecule has 0 atom stereocenters. The minimum Gasteiger partial charge on any atom is -0.494 e. The molecule has 0 fully saturated rings. The molecule has 4 aromatic rings. The highest BCUT2D eigenvalue weighted by Crippen LogP contribution is 2.32. The van der Waals surface area contributed by atoms with E-state index in [0.29, 0.717) is 28.7 Å². The summed E-state index contributed by atoms with van der Waals surface area (Å²) in [6.07, 6.45) is 2.69. The van der Waals surface area contributed by atoms with E-state index in [1.165, 1.54) is 16.5 Å². The van der Waals surface area contributed by atoms with Crippen molar-refractivity contribution in [3.63, 3.8) is 0 Å². The number of nitrogens with zero attached hydrogens (tertiary/aromatic N) is 3. The molecule has 0 radical (unpaired) electrons. The number of benzene rings is 2. The Morgan fingerprint density at radius 1 is 1.19 bits per heavy atom. The van der Waals surface area contributed by atoms with E-state index >= 15 is 0 Å². The largest absolute Gasteiger partial charge is 0.494 e. The van der Waals surface area contributed by atoms with Crippen molar-refractivity contribution in [2.45, 2.75) is 13.8 Å². The van der Waals surface area contributed by atoms with E-state index in [0.717, 1.165) is 11.6 Å². The molecule has 0 unspecified atom stereocenters. The number of aromatic nitrogens is 2. The Kier molecular flexibility index (Phi) is 7.77. The van der Waals surface area contributed by atoms with Crippen LogP contribution in [-0.4, -0.2) is 21.9 Å². The minimum atomic E-state index is -0.712. The van der Waals surface area contributed by atoms with Crippen LogP contribution in [0.1, 0.15) is 18.1 Å². The molecule has 0 saturated heterocycles. The number of fused-ring (bicyclic) bond motifs is 1. The van der Waals surface area contributed by atoms with Gasteiger partial charge in [0.25, 0.3) is 11.5 Å². The number of nitriles is 1. The summed E-state index contributed by atoms with van der Waals surface area (Å²) >= 11 is 12.2. The molecular weight excluding hydrogens is 515 g/mol. The van der Waals surface area contributed by atoms with Gasteiger partial charge in [0.05, 0.1) is 11.6 Å². The van der Waals surface area contributed by atoms with Crippen LogP contribution in [0.5, 0.6) is 17.4 Å². The van der Waals surface area contributed by atoms with Crippen LogP contribution >= 0.6 is 23.2 Å². The molecule has 0 spiro atoms. The number of amides is 1. The zero-order valence-electron chi connectivity index (χ0n) is 19.8. The molecule has 0 aliphatic carbocycles. The number of aryl methyl sites for hydroxylation is 1. The van der Waals surface area contributed by atoms with Crippen molar-refractivity contribution in [3.05, 3.63) is 97.9 Å². The van der Waals surface area contributed by atoms with Gasteiger partial charge in [-0.25, -0.2) is 0 Å². The monoisotopic (exact) mass is 534 g/mol. The number of halogens is 2. The maximum absolute atomic E-state index is 13.5. The third-order valence-electron chi connectivity index (χ3n) is 5.23. The molecule has 1 amide bonds. The van der Waals surface area contributed by atoms with Crippen LogP contribution in [0.15, 0.2) is 71.2 Å². The van der Waals surface area contributed by atoms with E-state index in [9.17, 15) is 14.9 Å². The molecule has 4 rings (SSSR count). The van der Waals surface area contributed by atoms with E-state index in [2.05, 4.69) is 10.3 Å². The second kappa shape index (κ2) is 11.2. The lowest BCUT2D eigenvalue weighted by molar-refractivity contribution is -0.112. The number of anilines is 1. The summed E-state index contributed by atoms with van der Waals surface area (Å²) in [5.41, 5.74) is 0.552. The number of pyridine rings is 1. The van der Waals surface area contributed by atoms with Gasteiger partial charge in [-0.2, -0.15) is 10.2 Å². The first-order valence-corrected chi connectivity index (χ1v) is 11.9. The number of hydrogen-bond donors (Lipinski definition) is 1. The van der Waals surface area contributed by atoms with E-state index < -0.39 is 11.5 Å². The van der Waals surface area contributed by atoms with Crippen LogP contribution in [0.2, 0.25) is 10.0 Å². The summed E-state index contributed by atoms with van der Waals surface area (Å²) in [6, 6.07) is 16.6. The van der Waals surface area contributed by atoms with Gasteiger partial charge < -0.3 is 14.8 Å². The highest BCUT2D eigenvalue weighted by molar-refractivity contribution is 6.35. The lowest BCUT2D eigenvalue weighted by Gasteiger charge is -2.12. The van der Waals surface area contributed by atoms with Gasteiger partial charge in [-0.05, 0) is 74.0 Å². The molecule has 2 heterocycles. The molecule has 186 valence electrons. The molecular formula is C27H20Cl2N4O4. The predicted octanol–water partition coefficient (Wildman–Crippen LogP) is 6.05. The van der Waals surface area contributed by atoms with Crippen LogP contribution in [0, 0.1) is 18.3 Å². The normalized spacial score (nSPS) is 11.2. The number of ether oxygens (including phenoxy) is 2. The fraction of sp³-hybridized carbons (Fsp3) is 0.111. The minimum absolute atomic E-state index is 0.104. The smallest absolute Gasteiger partial charge is 0.269 e. The van der Waals surface area contributed by atoms with Crippen molar-refractivity contribution in [2.75, 3.05) is 11.9 Å². The standard InChI is InChI=1S/C27H20Cl2N4O4/c1-3-36-20-9-7-19(8-10-20)31-25(34)17(15-30)13-21-26(37-23-11-6-18(28)14-22(23)29)32-24-16(2)5-4-12-33(24)27(21)35/h4-14H,3H2,1-2H3,(H,31,34). The summed E-state index contributed by atoms with van der Waals surface area (Å²) < 4.78 is 12.6. The average Bonchev–Trinajstić information content (AvgIpc) is 2.87. The summed E-state index contributed by atoms with van der Waals surface area (Å²) in [5.74, 6) is 0.00802. The molecule has 0 aliphatic heterocycles. The molecule has 1 N–H and O–H groups in total. The number of nitrogens with one attached hydrogen (secondary N) is 1. The SMILES string of the molecule is CCOc1ccc(NC(=O)C(C#N)=Cc2c(Oc3ccc(Cl)cc3Cl)nc3c(C)cccn3c2=O)cc1. The maximum atomic E-state index is 13.5. The molecule has 0 saturated carbocycles. The van der Waals surface area contributed by atoms with Crippen molar-refractivity contribution in [2.24, 2.45) is 0 Å². The van der Waals surface area contributed by atoms with Crippen LogP contribution in [0.3, 0.4) is 0 Å². The quantitative estimate of drug-likeness (QED) is 0.228. The van der Waals surface area contributed by atoms with Gasteiger partial charge in [0.15, 0.2) is 0 Å². The zero-order valence-corrected chi connectivity index (χ0v) is 21.3. The second-order valence-electron chi connectivity index (χ2n) is 7.78. The predicted molar refractivity (Wildman–Crippen MR) is 143 cm³/mol. The van der Waals surface area contributed by atoms with Crippen molar-refractivity contribution < 1.29 is 14.3 Å². The lowest BCUT2D eigenvalue weighted by Crippen LogP contribution is -2.20. The fourth-order valence-corrected chi connectivity index (χ4v) is 3.90. The van der Waals surface area contributed by atoms with Gasteiger partial charge in [0, 0.05) is 16.9 Å². The third-order valence-corrected chi connectivity index (χ3v) is 5.76. The van der Waals surface area contributed by atoms with Gasteiger partial charge in [-0.1, -0.05) is 29.3 Å². The van der Waals surface area contributed by atoms with E-state index in [1.807, 2.05) is 13.0 Å². The first-order valence-electron chi connectivity index (χ1n) is 11.1. The Bertz CT molecular complexity index is 1620. The number of carbonyl (C=O) groups excluding carboxylic acids is 1. The summed E-state index contributed by atoms with van der Waals surface area (Å²) in [5, 5.41) is 13.0. The number of carbonyl (C=O) groups is 1. The maximum Gasteiger partial charge on any atom is 0.269 e. The van der Waals surface area contributed by atoms with Gasteiger partial charge >= 0.3 is 0 Å². The van der Waals surface area contributed by atoms with Crippen LogP contribution in [0.4, 0.5) is 5.69 Å². The van der Waals surface area contributed by atoms with Crippen molar-refractivity contribution in [1.29, 1.82) is 5.26 Å². The molecule has 10 heteroatoms.